The number of amides is 1. The lowest BCUT2D eigenvalue weighted by Gasteiger charge is -2.22. The summed E-state index contributed by atoms with van der Waals surface area (Å²) in [4.78, 5) is 12.6. The Hall–Kier alpha value is -2.37. The molecule has 1 heterocycles. The van der Waals surface area contributed by atoms with Crippen LogP contribution in [0.25, 0.3) is 0 Å². The van der Waals surface area contributed by atoms with E-state index < -0.39 is 6.10 Å². The van der Waals surface area contributed by atoms with E-state index in [1.54, 1.807) is 0 Å². The predicted octanol–water partition coefficient (Wildman–Crippen LogP) is 2.43. The second-order valence-corrected chi connectivity index (χ2v) is 6.16. The van der Waals surface area contributed by atoms with E-state index in [1.807, 2.05) is 60.7 Å². The fourth-order valence-electron chi connectivity index (χ4n) is 2.94. The minimum atomic E-state index is -0.434. The molecular formula is C20H24N2O3. The van der Waals surface area contributed by atoms with Gasteiger partial charge in [-0.3, -0.25) is 4.79 Å². The largest absolute Gasteiger partial charge is 0.491 e. The predicted molar refractivity (Wildman–Crippen MR) is 96.2 cm³/mol. The van der Waals surface area contributed by atoms with Crippen LogP contribution in [0.2, 0.25) is 0 Å². The topological polar surface area (TPSA) is 73.6 Å². The number of benzene rings is 2. The van der Waals surface area contributed by atoms with Crippen LogP contribution in [0.4, 0.5) is 0 Å². The first kappa shape index (κ1) is 17.5. The monoisotopic (exact) mass is 340 g/mol. The van der Waals surface area contributed by atoms with Crippen LogP contribution >= 0.6 is 0 Å². The lowest BCUT2D eigenvalue weighted by molar-refractivity contribution is -0.132. The van der Waals surface area contributed by atoms with Crippen molar-refractivity contribution in [2.24, 2.45) is 5.73 Å². The van der Waals surface area contributed by atoms with E-state index in [9.17, 15) is 4.79 Å². The van der Waals surface area contributed by atoms with Crippen LogP contribution < -0.4 is 15.8 Å². The molecule has 0 bridgehead atoms. The number of hydrogen-bond acceptors (Lipinski definition) is 4. The third-order valence-corrected chi connectivity index (χ3v) is 4.34. The van der Waals surface area contributed by atoms with Gasteiger partial charge >= 0.3 is 0 Å². The van der Waals surface area contributed by atoms with E-state index in [4.69, 9.17) is 15.2 Å². The molecule has 0 aromatic heterocycles. The van der Waals surface area contributed by atoms with Crippen LogP contribution in [-0.4, -0.2) is 31.3 Å². The van der Waals surface area contributed by atoms with Crippen molar-refractivity contribution in [2.45, 2.75) is 31.1 Å². The van der Waals surface area contributed by atoms with E-state index in [1.165, 1.54) is 0 Å². The van der Waals surface area contributed by atoms with Gasteiger partial charge in [-0.05, 0) is 30.5 Å². The second-order valence-electron chi connectivity index (χ2n) is 6.16. The third kappa shape index (κ3) is 4.81. The molecule has 1 unspecified atom stereocenters. The minimum Gasteiger partial charge on any atom is -0.491 e. The number of nitrogens with one attached hydrogen (secondary N) is 1. The van der Waals surface area contributed by atoms with Crippen LogP contribution in [-0.2, 0) is 9.53 Å². The molecule has 1 aliphatic heterocycles. The van der Waals surface area contributed by atoms with Crippen LogP contribution in [0, 0.1) is 0 Å². The van der Waals surface area contributed by atoms with Gasteiger partial charge in [0.15, 0.2) is 0 Å². The molecule has 2 aromatic rings. The van der Waals surface area contributed by atoms with E-state index in [-0.39, 0.29) is 18.1 Å². The molecule has 1 aliphatic rings. The smallest absolute Gasteiger partial charge is 0.249 e. The summed E-state index contributed by atoms with van der Waals surface area (Å²) in [5.74, 6) is 0.666. The van der Waals surface area contributed by atoms with Crippen LogP contribution in [0.15, 0.2) is 60.7 Å². The maximum Gasteiger partial charge on any atom is 0.249 e. The Morgan fingerprint density at radius 1 is 1.12 bits per heavy atom. The molecule has 1 fully saturated rings. The van der Waals surface area contributed by atoms with Crippen LogP contribution in [0.5, 0.6) is 5.75 Å². The summed E-state index contributed by atoms with van der Waals surface area (Å²) in [6.45, 7) is 0.801. The van der Waals surface area contributed by atoms with Gasteiger partial charge < -0.3 is 20.5 Å². The number of ether oxygens (including phenoxy) is 2. The molecule has 0 saturated carbocycles. The zero-order chi connectivity index (χ0) is 17.5. The molecule has 3 atom stereocenters. The summed E-state index contributed by atoms with van der Waals surface area (Å²) < 4.78 is 11.5. The SMILES string of the molecule is NC[C@H]1CC[C@@H](C(=O)NC(COc2ccccc2)c2ccccc2)O1. The first-order chi connectivity index (χ1) is 12.3. The van der Waals surface area contributed by atoms with Gasteiger partial charge in [-0.25, -0.2) is 0 Å². The molecule has 3 rings (SSSR count). The van der Waals surface area contributed by atoms with Crippen molar-refractivity contribution in [2.75, 3.05) is 13.2 Å². The molecule has 1 saturated heterocycles. The molecule has 3 N–H and O–H groups in total. The van der Waals surface area contributed by atoms with Crippen molar-refractivity contribution in [1.82, 2.24) is 5.32 Å². The first-order valence-corrected chi connectivity index (χ1v) is 8.65. The highest BCUT2D eigenvalue weighted by atomic mass is 16.5. The highest BCUT2D eigenvalue weighted by Crippen LogP contribution is 2.21. The second kappa shape index (κ2) is 8.65. The number of nitrogens with two attached hydrogens (primary N) is 1. The Morgan fingerprint density at radius 2 is 1.80 bits per heavy atom. The van der Waals surface area contributed by atoms with Gasteiger partial charge in [0.25, 0.3) is 0 Å². The molecule has 0 aliphatic carbocycles. The van der Waals surface area contributed by atoms with E-state index >= 15 is 0 Å². The van der Waals surface area contributed by atoms with E-state index in [0.717, 1.165) is 17.7 Å². The number of rotatable bonds is 7. The van der Waals surface area contributed by atoms with Crippen LogP contribution in [0.3, 0.4) is 0 Å². The Kier molecular flexibility index (Phi) is 6.04. The first-order valence-electron chi connectivity index (χ1n) is 8.65. The fraction of sp³-hybridized carbons (Fsp3) is 0.350. The van der Waals surface area contributed by atoms with Gasteiger partial charge in [-0.2, -0.15) is 0 Å². The number of hydrogen-bond donors (Lipinski definition) is 2. The van der Waals surface area contributed by atoms with Crippen molar-refractivity contribution in [3.63, 3.8) is 0 Å². The normalized spacial score (nSPS) is 20.8. The zero-order valence-electron chi connectivity index (χ0n) is 14.1. The van der Waals surface area contributed by atoms with Crippen molar-refractivity contribution in [3.8, 4) is 5.75 Å². The molecule has 2 aromatic carbocycles. The van der Waals surface area contributed by atoms with Crippen molar-refractivity contribution < 1.29 is 14.3 Å². The average Bonchev–Trinajstić information content (AvgIpc) is 3.16. The molecule has 0 spiro atoms. The molecule has 5 heteroatoms. The molecule has 25 heavy (non-hydrogen) atoms. The van der Waals surface area contributed by atoms with Crippen molar-refractivity contribution in [1.29, 1.82) is 0 Å². The summed E-state index contributed by atoms with van der Waals surface area (Å²) in [6.07, 6.45) is 1.07. The van der Waals surface area contributed by atoms with Gasteiger partial charge in [0, 0.05) is 6.54 Å². The standard InChI is InChI=1S/C20H24N2O3/c21-13-17-11-12-19(25-17)20(23)22-18(15-7-3-1-4-8-15)14-24-16-9-5-2-6-10-16/h1-10,17-19H,11-14,21H2,(H,22,23)/t17-,18?,19+/m1/s1. The maximum atomic E-state index is 12.6. The van der Waals surface area contributed by atoms with Crippen molar-refractivity contribution in [3.05, 3.63) is 66.2 Å². The number of carbonyl (C=O) groups is 1. The minimum absolute atomic E-state index is 0.0218. The Bertz CT molecular complexity index is 663. The van der Waals surface area contributed by atoms with Gasteiger partial charge in [0.2, 0.25) is 5.91 Å². The lowest BCUT2D eigenvalue weighted by atomic mass is 10.1. The van der Waals surface area contributed by atoms with Gasteiger partial charge in [-0.1, -0.05) is 48.5 Å². The van der Waals surface area contributed by atoms with E-state index in [2.05, 4.69) is 5.32 Å². The number of carbonyl (C=O) groups excluding carboxylic acids is 1. The summed E-state index contributed by atoms with van der Waals surface area (Å²) in [6, 6.07) is 19.2. The van der Waals surface area contributed by atoms with E-state index in [0.29, 0.717) is 19.6 Å². The highest BCUT2D eigenvalue weighted by Gasteiger charge is 2.31. The fourth-order valence-corrected chi connectivity index (χ4v) is 2.94. The van der Waals surface area contributed by atoms with Gasteiger partial charge in [0.05, 0.1) is 12.1 Å². The summed E-state index contributed by atoms with van der Waals surface area (Å²) in [5, 5.41) is 3.06. The van der Waals surface area contributed by atoms with Gasteiger partial charge in [-0.15, -0.1) is 0 Å². The zero-order valence-corrected chi connectivity index (χ0v) is 14.1. The molecule has 132 valence electrons. The Morgan fingerprint density at radius 3 is 2.44 bits per heavy atom. The number of para-hydroxylation sites is 1. The van der Waals surface area contributed by atoms with Crippen molar-refractivity contribution >= 4 is 5.91 Å². The Balaban J connectivity index is 1.65. The summed E-state index contributed by atoms with van der Waals surface area (Å²) >= 11 is 0. The molecule has 1 amide bonds. The maximum absolute atomic E-state index is 12.6. The molecule has 0 radical (unpaired) electrons. The average molecular weight is 340 g/mol. The van der Waals surface area contributed by atoms with Crippen LogP contribution in [0.1, 0.15) is 24.4 Å². The molecular weight excluding hydrogens is 316 g/mol. The lowest BCUT2D eigenvalue weighted by Crippen LogP contribution is -2.39. The summed E-state index contributed by atoms with van der Waals surface area (Å²) in [5.41, 5.74) is 6.62. The third-order valence-electron chi connectivity index (χ3n) is 4.34. The van der Waals surface area contributed by atoms with Gasteiger partial charge in [0.1, 0.15) is 18.5 Å². The molecule has 5 nitrogen and oxygen atoms in total. The summed E-state index contributed by atoms with van der Waals surface area (Å²) in [7, 11) is 0. The Labute approximate surface area is 148 Å². The quantitative estimate of drug-likeness (QED) is 0.812. The highest BCUT2D eigenvalue weighted by molar-refractivity contribution is 5.81.